The Labute approximate surface area is 201 Å². The van der Waals surface area contributed by atoms with E-state index in [9.17, 15) is 4.79 Å². The van der Waals surface area contributed by atoms with Gasteiger partial charge >= 0.3 is 0 Å². The highest BCUT2D eigenvalue weighted by molar-refractivity contribution is 8.00. The SMILES string of the molecule is CCCCn1c(SC(C)C(=O)Nc2c(C)cccc2C(C)C)nnc1-c1ccc(OC)cc1. The Morgan fingerprint density at radius 3 is 2.48 bits per heavy atom. The quantitative estimate of drug-likeness (QED) is 0.355. The Hall–Kier alpha value is -2.80. The predicted octanol–water partition coefficient (Wildman–Crippen LogP) is 6.30. The number of carbonyl (C=O) groups is 1. The molecule has 2 aromatic carbocycles. The number of methoxy groups -OCH3 is 1. The van der Waals surface area contributed by atoms with Gasteiger partial charge in [-0.1, -0.05) is 57.2 Å². The monoisotopic (exact) mass is 466 g/mol. The van der Waals surface area contributed by atoms with Crippen LogP contribution in [0.2, 0.25) is 0 Å². The number of para-hydroxylation sites is 1. The minimum Gasteiger partial charge on any atom is -0.497 e. The number of ether oxygens (including phenoxy) is 1. The Morgan fingerprint density at radius 2 is 1.85 bits per heavy atom. The van der Waals surface area contributed by atoms with Gasteiger partial charge in [0.25, 0.3) is 0 Å². The lowest BCUT2D eigenvalue weighted by atomic mass is 9.98. The van der Waals surface area contributed by atoms with Gasteiger partial charge in [-0.2, -0.15) is 0 Å². The van der Waals surface area contributed by atoms with Crippen LogP contribution in [0.1, 0.15) is 57.6 Å². The van der Waals surface area contributed by atoms with Crippen molar-refractivity contribution < 1.29 is 9.53 Å². The number of hydrogen-bond donors (Lipinski definition) is 1. The molecule has 3 aromatic rings. The summed E-state index contributed by atoms with van der Waals surface area (Å²) in [6, 6.07) is 14.0. The van der Waals surface area contributed by atoms with Crippen LogP contribution in [0.25, 0.3) is 11.4 Å². The first kappa shape index (κ1) is 24.8. The molecule has 0 spiro atoms. The number of anilines is 1. The average Bonchev–Trinajstić information content (AvgIpc) is 3.20. The lowest BCUT2D eigenvalue weighted by Gasteiger charge is -2.18. The summed E-state index contributed by atoms with van der Waals surface area (Å²) in [7, 11) is 1.65. The summed E-state index contributed by atoms with van der Waals surface area (Å²) in [6.45, 7) is 11.2. The third-order valence-electron chi connectivity index (χ3n) is 5.63. The maximum absolute atomic E-state index is 13.1. The van der Waals surface area contributed by atoms with Crippen LogP contribution in [0.3, 0.4) is 0 Å². The van der Waals surface area contributed by atoms with Crippen LogP contribution < -0.4 is 10.1 Å². The number of rotatable bonds is 10. The highest BCUT2D eigenvalue weighted by Crippen LogP contribution is 2.31. The van der Waals surface area contributed by atoms with Gasteiger partial charge in [-0.3, -0.25) is 4.79 Å². The molecule has 6 nitrogen and oxygen atoms in total. The normalized spacial score (nSPS) is 12.1. The van der Waals surface area contributed by atoms with Gasteiger partial charge in [-0.05, 0) is 61.6 Å². The first-order valence-electron chi connectivity index (χ1n) is 11.5. The van der Waals surface area contributed by atoms with Crippen LogP contribution in [-0.2, 0) is 11.3 Å². The van der Waals surface area contributed by atoms with Crippen LogP contribution in [0, 0.1) is 6.92 Å². The molecule has 0 saturated carbocycles. The molecule has 1 aromatic heterocycles. The molecule has 0 aliphatic rings. The maximum atomic E-state index is 13.1. The van der Waals surface area contributed by atoms with Crippen molar-refractivity contribution in [1.82, 2.24) is 14.8 Å². The first-order chi connectivity index (χ1) is 15.8. The molecule has 1 atom stereocenters. The van der Waals surface area contributed by atoms with Crippen molar-refractivity contribution in [3.63, 3.8) is 0 Å². The second-order valence-electron chi connectivity index (χ2n) is 8.48. The van der Waals surface area contributed by atoms with Crippen LogP contribution in [0.15, 0.2) is 47.6 Å². The largest absolute Gasteiger partial charge is 0.497 e. The molecule has 0 aliphatic heterocycles. The molecule has 0 aliphatic carbocycles. The van der Waals surface area contributed by atoms with E-state index in [0.717, 1.165) is 58.5 Å². The van der Waals surface area contributed by atoms with Crippen LogP contribution in [-0.4, -0.2) is 33.0 Å². The zero-order chi connectivity index (χ0) is 24.0. The second-order valence-corrected chi connectivity index (χ2v) is 9.79. The van der Waals surface area contributed by atoms with Gasteiger partial charge in [-0.15, -0.1) is 10.2 Å². The lowest BCUT2D eigenvalue weighted by molar-refractivity contribution is -0.115. The summed E-state index contributed by atoms with van der Waals surface area (Å²) >= 11 is 1.44. The number of nitrogens with zero attached hydrogens (tertiary/aromatic N) is 3. The Kier molecular flexibility index (Phi) is 8.55. The smallest absolute Gasteiger partial charge is 0.237 e. The van der Waals surface area contributed by atoms with E-state index >= 15 is 0 Å². The number of aryl methyl sites for hydroxylation is 1. The summed E-state index contributed by atoms with van der Waals surface area (Å²) < 4.78 is 7.39. The fourth-order valence-corrected chi connectivity index (χ4v) is 4.50. The zero-order valence-electron chi connectivity index (χ0n) is 20.4. The fourth-order valence-electron chi connectivity index (χ4n) is 3.63. The number of nitrogens with one attached hydrogen (secondary N) is 1. The van der Waals surface area contributed by atoms with Gasteiger partial charge in [0.2, 0.25) is 5.91 Å². The van der Waals surface area contributed by atoms with E-state index < -0.39 is 0 Å². The highest BCUT2D eigenvalue weighted by Gasteiger charge is 2.22. The van der Waals surface area contributed by atoms with E-state index in [2.05, 4.69) is 46.9 Å². The zero-order valence-corrected chi connectivity index (χ0v) is 21.2. The molecular formula is C26H34N4O2S. The van der Waals surface area contributed by atoms with E-state index in [4.69, 9.17) is 4.74 Å². The van der Waals surface area contributed by atoms with Crippen LogP contribution in [0.4, 0.5) is 5.69 Å². The minimum absolute atomic E-state index is 0.0350. The van der Waals surface area contributed by atoms with Gasteiger partial charge in [0.05, 0.1) is 12.4 Å². The number of thioether (sulfide) groups is 1. The van der Waals surface area contributed by atoms with Gasteiger partial charge < -0.3 is 14.6 Å². The summed E-state index contributed by atoms with van der Waals surface area (Å²) in [5.74, 6) is 1.90. The summed E-state index contributed by atoms with van der Waals surface area (Å²) in [6.07, 6.45) is 2.07. The Bertz CT molecular complexity index is 1080. The first-order valence-corrected chi connectivity index (χ1v) is 12.4. The highest BCUT2D eigenvalue weighted by atomic mass is 32.2. The van der Waals surface area contributed by atoms with Gasteiger partial charge in [0.1, 0.15) is 5.75 Å². The Balaban J connectivity index is 1.82. The summed E-state index contributed by atoms with van der Waals surface area (Å²) in [4.78, 5) is 13.1. The molecule has 1 amide bonds. The number of hydrogen-bond acceptors (Lipinski definition) is 5. The van der Waals surface area contributed by atoms with E-state index in [1.165, 1.54) is 11.8 Å². The molecule has 1 unspecified atom stereocenters. The van der Waals surface area contributed by atoms with Crippen molar-refractivity contribution >= 4 is 23.4 Å². The van der Waals surface area contributed by atoms with E-state index in [0.29, 0.717) is 5.92 Å². The van der Waals surface area contributed by atoms with Gasteiger partial charge in [0.15, 0.2) is 11.0 Å². The maximum Gasteiger partial charge on any atom is 0.237 e. The van der Waals surface area contributed by atoms with E-state index in [1.807, 2.05) is 50.2 Å². The number of benzene rings is 2. The molecule has 0 radical (unpaired) electrons. The third-order valence-corrected chi connectivity index (χ3v) is 6.71. The molecule has 0 fully saturated rings. The topological polar surface area (TPSA) is 69.0 Å². The second kappa shape index (κ2) is 11.4. The molecule has 0 bridgehead atoms. The minimum atomic E-state index is -0.321. The van der Waals surface area contributed by atoms with Crippen LogP contribution >= 0.6 is 11.8 Å². The lowest BCUT2D eigenvalue weighted by Crippen LogP contribution is -2.24. The predicted molar refractivity (Wildman–Crippen MR) is 136 cm³/mol. The number of carbonyl (C=O) groups excluding carboxylic acids is 1. The average molecular weight is 467 g/mol. The van der Waals surface area contributed by atoms with Crippen molar-refractivity contribution in [3.05, 3.63) is 53.6 Å². The molecular weight excluding hydrogens is 432 g/mol. The molecule has 176 valence electrons. The summed E-state index contributed by atoms with van der Waals surface area (Å²) in [5.41, 5.74) is 4.11. The molecule has 7 heteroatoms. The van der Waals surface area contributed by atoms with Gasteiger partial charge in [0, 0.05) is 17.8 Å². The standard InChI is InChI=1S/C26H34N4O2S/c1-7-8-16-30-24(20-12-14-21(32-6)15-13-20)28-29-26(30)33-19(5)25(31)27-23-18(4)10-9-11-22(23)17(2)3/h9-15,17,19H,7-8,16H2,1-6H3,(H,27,31). The Morgan fingerprint density at radius 1 is 1.12 bits per heavy atom. The van der Waals surface area contributed by atoms with Crippen molar-refractivity contribution in [2.24, 2.45) is 0 Å². The van der Waals surface area contributed by atoms with Crippen molar-refractivity contribution in [2.45, 2.75) is 70.3 Å². The van der Waals surface area contributed by atoms with Crippen molar-refractivity contribution in [2.75, 3.05) is 12.4 Å². The van der Waals surface area contributed by atoms with E-state index in [-0.39, 0.29) is 11.2 Å². The van der Waals surface area contributed by atoms with Crippen LogP contribution in [0.5, 0.6) is 5.75 Å². The fraction of sp³-hybridized carbons (Fsp3) is 0.423. The summed E-state index contributed by atoms with van der Waals surface area (Å²) in [5, 5.41) is 12.5. The van der Waals surface area contributed by atoms with E-state index in [1.54, 1.807) is 7.11 Å². The molecule has 0 saturated heterocycles. The molecule has 1 heterocycles. The van der Waals surface area contributed by atoms with Crippen molar-refractivity contribution in [3.8, 4) is 17.1 Å². The van der Waals surface area contributed by atoms with Crippen molar-refractivity contribution in [1.29, 1.82) is 0 Å². The van der Waals surface area contributed by atoms with Gasteiger partial charge in [-0.25, -0.2) is 0 Å². The third kappa shape index (κ3) is 5.96. The molecule has 1 N–H and O–H groups in total. The molecule has 33 heavy (non-hydrogen) atoms. The molecule has 3 rings (SSSR count). The number of aromatic nitrogens is 3. The number of unbranched alkanes of at least 4 members (excludes halogenated alkanes) is 1. The number of amides is 1.